The Hall–Kier alpha value is -0.610. The van der Waals surface area contributed by atoms with Crippen LogP contribution in [0.3, 0.4) is 0 Å². The molecule has 0 saturated carbocycles. The molecule has 0 aliphatic carbocycles. The Balaban J connectivity index is 2.01. The molecule has 1 rings (SSSR count). The third-order valence-corrected chi connectivity index (χ3v) is 2.84. The Morgan fingerprint density at radius 1 is 1.44 bits per heavy atom. The quantitative estimate of drug-likeness (QED) is 0.657. The fourth-order valence-electron chi connectivity index (χ4n) is 2.10. The first kappa shape index (κ1) is 13.5. The van der Waals surface area contributed by atoms with Crippen molar-refractivity contribution in [2.75, 3.05) is 39.3 Å². The second kappa shape index (κ2) is 7.63. The second-order valence-corrected chi connectivity index (χ2v) is 4.55. The van der Waals surface area contributed by atoms with Crippen molar-refractivity contribution < 1.29 is 9.53 Å². The number of likely N-dealkylation sites (tertiary alicyclic amines) is 1. The maximum Gasteiger partial charge on any atom is 0.319 e. The van der Waals surface area contributed by atoms with Crippen molar-refractivity contribution in [1.82, 2.24) is 10.2 Å². The Bertz CT molecular complexity index is 203. The lowest BCUT2D eigenvalue weighted by Crippen LogP contribution is -2.34. The predicted octanol–water partition coefficient (Wildman–Crippen LogP) is 0.871. The molecule has 1 N–H and O–H groups in total. The van der Waals surface area contributed by atoms with Gasteiger partial charge in [-0.2, -0.15) is 0 Å². The van der Waals surface area contributed by atoms with E-state index in [9.17, 15) is 4.79 Å². The summed E-state index contributed by atoms with van der Waals surface area (Å²) >= 11 is 0. The highest BCUT2D eigenvalue weighted by Gasteiger charge is 2.14. The summed E-state index contributed by atoms with van der Waals surface area (Å²) in [4.78, 5) is 13.6. The third-order valence-electron chi connectivity index (χ3n) is 2.84. The minimum atomic E-state index is -0.157. The molecule has 1 saturated heterocycles. The largest absolute Gasteiger partial charge is 0.465 e. The predicted molar refractivity (Wildman–Crippen MR) is 64.3 cm³/mol. The van der Waals surface area contributed by atoms with Gasteiger partial charge in [0.25, 0.3) is 0 Å². The normalized spacial score (nSPS) is 18.6. The van der Waals surface area contributed by atoms with Crippen LogP contribution in [0.4, 0.5) is 0 Å². The molecule has 0 amide bonds. The molecule has 0 bridgehead atoms. The molecular weight excluding hydrogens is 204 g/mol. The average Bonchev–Trinajstić information content (AvgIpc) is 2.70. The lowest BCUT2D eigenvalue weighted by Gasteiger charge is -2.20. The molecule has 4 heteroatoms. The monoisotopic (exact) mass is 228 g/mol. The van der Waals surface area contributed by atoms with E-state index in [2.05, 4.69) is 17.1 Å². The SMILES string of the molecule is CCOC(=O)CNCC(C)CN1CCCC1. The van der Waals surface area contributed by atoms with Gasteiger partial charge in [-0.3, -0.25) is 4.79 Å². The number of hydrogen-bond donors (Lipinski definition) is 1. The summed E-state index contributed by atoms with van der Waals surface area (Å²) < 4.78 is 4.85. The minimum Gasteiger partial charge on any atom is -0.465 e. The fraction of sp³-hybridized carbons (Fsp3) is 0.917. The number of nitrogens with one attached hydrogen (secondary N) is 1. The topological polar surface area (TPSA) is 41.6 Å². The first-order valence-electron chi connectivity index (χ1n) is 6.31. The molecule has 0 radical (unpaired) electrons. The molecular formula is C12H24N2O2. The first-order chi connectivity index (χ1) is 7.72. The van der Waals surface area contributed by atoms with Crippen LogP contribution in [-0.2, 0) is 9.53 Å². The summed E-state index contributed by atoms with van der Waals surface area (Å²) in [5, 5.41) is 3.14. The van der Waals surface area contributed by atoms with Crippen molar-refractivity contribution in [3.8, 4) is 0 Å². The molecule has 1 fully saturated rings. The molecule has 1 aliphatic rings. The summed E-state index contributed by atoms with van der Waals surface area (Å²) in [6.45, 7) is 9.34. The summed E-state index contributed by atoms with van der Waals surface area (Å²) in [7, 11) is 0. The number of carbonyl (C=O) groups excluding carboxylic acids is 1. The van der Waals surface area contributed by atoms with Crippen LogP contribution in [-0.4, -0.2) is 50.2 Å². The molecule has 16 heavy (non-hydrogen) atoms. The van der Waals surface area contributed by atoms with Crippen LogP contribution >= 0.6 is 0 Å². The van der Waals surface area contributed by atoms with Gasteiger partial charge in [0, 0.05) is 6.54 Å². The van der Waals surface area contributed by atoms with Gasteiger partial charge in [0.2, 0.25) is 0 Å². The van der Waals surface area contributed by atoms with Crippen molar-refractivity contribution in [3.05, 3.63) is 0 Å². The molecule has 1 unspecified atom stereocenters. The van der Waals surface area contributed by atoms with Gasteiger partial charge in [0.05, 0.1) is 13.2 Å². The van der Waals surface area contributed by atoms with Gasteiger partial charge in [-0.15, -0.1) is 0 Å². The zero-order valence-corrected chi connectivity index (χ0v) is 10.5. The van der Waals surface area contributed by atoms with E-state index >= 15 is 0 Å². The second-order valence-electron chi connectivity index (χ2n) is 4.55. The molecule has 1 aliphatic heterocycles. The molecule has 1 atom stereocenters. The van der Waals surface area contributed by atoms with Crippen LogP contribution < -0.4 is 5.32 Å². The van der Waals surface area contributed by atoms with Gasteiger partial charge in [0.1, 0.15) is 0 Å². The molecule has 0 aromatic carbocycles. The van der Waals surface area contributed by atoms with Crippen LogP contribution in [0.5, 0.6) is 0 Å². The van der Waals surface area contributed by atoms with E-state index in [-0.39, 0.29) is 5.97 Å². The molecule has 0 aromatic rings. The number of esters is 1. The van der Waals surface area contributed by atoms with Crippen molar-refractivity contribution in [2.45, 2.75) is 26.7 Å². The maximum absolute atomic E-state index is 11.1. The highest BCUT2D eigenvalue weighted by atomic mass is 16.5. The zero-order valence-electron chi connectivity index (χ0n) is 10.5. The molecule has 94 valence electrons. The van der Waals surface area contributed by atoms with E-state index in [1.165, 1.54) is 25.9 Å². The lowest BCUT2D eigenvalue weighted by atomic mass is 10.1. The number of nitrogens with zero attached hydrogens (tertiary/aromatic N) is 1. The fourth-order valence-corrected chi connectivity index (χ4v) is 2.10. The van der Waals surface area contributed by atoms with E-state index in [1.54, 1.807) is 0 Å². The van der Waals surface area contributed by atoms with Crippen LogP contribution in [0.25, 0.3) is 0 Å². The summed E-state index contributed by atoms with van der Waals surface area (Å²) in [5.41, 5.74) is 0. The van der Waals surface area contributed by atoms with E-state index in [4.69, 9.17) is 4.74 Å². The van der Waals surface area contributed by atoms with E-state index in [1.807, 2.05) is 6.92 Å². The number of carbonyl (C=O) groups is 1. The Kier molecular flexibility index (Phi) is 6.42. The van der Waals surface area contributed by atoms with Crippen LogP contribution in [0.15, 0.2) is 0 Å². The van der Waals surface area contributed by atoms with E-state index < -0.39 is 0 Å². The zero-order chi connectivity index (χ0) is 11.8. The first-order valence-corrected chi connectivity index (χ1v) is 6.31. The Morgan fingerprint density at radius 3 is 2.75 bits per heavy atom. The molecule has 1 heterocycles. The van der Waals surface area contributed by atoms with Crippen molar-refractivity contribution in [2.24, 2.45) is 5.92 Å². The summed E-state index contributed by atoms with van der Waals surface area (Å²) in [6, 6.07) is 0. The number of ether oxygens (including phenoxy) is 1. The molecule has 0 aromatic heterocycles. The molecule has 4 nitrogen and oxygen atoms in total. The Morgan fingerprint density at radius 2 is 2.12 bits per heavy atom. The van der Waals surface area contributed by atoms with Crippen molar-refractivity contribution in [1.29, 1.82) is 0 Å². The van der Waals surface area contributed by atoms with Gasteiger partial charge in [-0.1, -0.05) is 6.92 Å². The van der Waals surface area contributed by atoms with Crippen molar-refractivity contribution in [3.63, 3.8) is 0 Å². The highest BCUT2D eigenvalue weighted by molar-refractivity contribution is 5.71. The van der Waals surface area contributed by atoms with Gasteiger partial charge in [-0.05, 0) is 45.3 Å². The highest BCUT2D eigenvalue weighted by Crippen LogP contribution is 2.09. The van der Waals surface area contributed by atoms with Crippen LogP contribution in [0.2, 0.25) is 0 Å². The van der Waals surface area contributed by atoms with Gasteiger partial charge >= 0.3 is 5.97 Å². The summed E-state index contributed by atoms with van der Waals surface area (Å²) in [5.74, 6) is 0.434. The Labute approximate surface area is 98.3 Å². The van der Waals surface area contributed by atoms with Crippen LogP contribution in [0, 0.1) is 5.92 Å². The number of hydrogen-bond acceptors (Lipinski definition) is 4. The maximum atomic E-state index is 11.1. The van der Waals surface area contributed by atoms with E-state index in [0.29, 0.717) is 19.1 Å². The van der Waals surface area contributed by atoms with Gasteiger partial charge in [-0.25, -0.2) is 0 Å². The summed E-state index contributed by atoms with van der Waals surface area (Å²) in [6.07, 6.45) is 2.67. The molecule has 0 spiro atoms. The average molecular weight is 228 g/mol. The lowest BCUT2D eigenvalue weighted by molar-refractivity contribution is -0.142. The minimum absolute atomic E-state index is 0.157. The van der Waals surface area contributed by atoms with Crippen molar-refractivity contribution >= 4 is 5.97 Å². The van der Waals surface area contributed by atoms with Gasteiger partial charge in [0.15, 0.2) is 0 Å². The van der Waals surface area contributed by atoms with Crippen LogP contribution in [0.1, 0.15) is 26.7 Å². The number of rotatable bonds is 7. The smallest absolute Gasteiger partial charge is 0.319 e. The van der Waals surface area contributed by atoms with Gasteiger partial charge < -0.3 is 15.0 Å². The standard InChI is InChI=1S/C12H24N2O2/c1-3-16-12(15)9-13-8-11(2)10-14-6-4-5-7-14/h11,13H,3-10H2,1-2H3. The van der Waals surface area contributed by atoms with E-state index in [0.717, 1.165) is 13.1 Å². The third kappa shape index (κ3) is 5.47.